The second kappa shape index (κ2) is 7.48. The third-order valence-electron chi connectivity index (χ3n) is 6.82. The molecule has 3 aliphatic heterocycles. The van der Waals surface area contributed by atoms with Crippen LogP contribution in [-0.4, -0.2) is 53.5 Å². The van der Waals surface area contributed by atoms with Gasteiger partial charge in [0.25, 0.3) is 5.91 Å². The molecule has 148 valence electrons. The Morgan fingerprint density at radius 1 is 1.18 bits per heavy atom. The molecule has 5 nitrogen and oxygen atoms in total. The molecule has 0 radical (unpaired) electrons. The van der Waals surface area contributed by atoms with Crippen molar-refractivity contribution in [1.82, 2.24) is 14.8 Å². The summed E-state index contributed by atoms with van der Waals surface area (Å²) in [7, 11) is 1.72. The molecule has 0 aliphatic carbocycles. The normalized spacial score (nSPS) is 30.0. The Hall–Kier alpha value is -1.92. The average molecular weight is 398 g/mol. The molecule has 0 unspecified atom stereocenters. The minimum absolute atomic E-state index is 0.174. The van der Waals surface area contributed by atoms with E-state index in [9.17, 15) is 4.79 Å². The Morgan fingerprint density at radius 2 is 2.04 bits per heavy atom. The number of hydrogen-bond acceptors (Lipinski definition) is 5. The van der Waals surface area contributed by atoms with Crippen molar-refractivity contribution in [1.29, 1.82) is 0 Å². The van der Waals surface area contributed by atoms with Crippen LogP contribution >= 0.6 is 11.3 Å². The van der Waals surface area contributed by atoms with E-state index < -0.39 is 0 Å². The number of piperidine rings is 3. The second-order valence-electron chi connectivity index (χ2n) is 8.42. The molecular weight excluding hydrogens is 370 g/mol. The van der Waals surface area contributed by atoms with E-state index in [-0.39, 0.29) is 5.91 Å². The minimum Gasteiger partial charge on any atom is -0.497 e. The summed E-state index contributed by atoms with van der Waals surface area (Å²) in [5.74, 6) is 2.26. The van der Waals surface area contributed by atoms with Gasteiger partial charge in [0.2, 0.25) is 0 Å². The number of amides is 1. The number of methoxy groups -OCH3 is 1. The molecule has 28 heavy (non-hydrogen) atoms. The van der Waals surface area contributed by atoms with Gasteiger partial charge in [-0.2, -0.15) is 0 Å². The predicted molar refractivity (Wildman–Crippen MR) is 110 cm³/mol. The molecule has 0 spiro atoms. The van der Waals surface area contributed by atoms with Gasteiger partial charge < -0.3 is 9.64 Å². The third-order valence-corrected chi connectivity index (χ3v) is 7.58. The van der Waals surface area contributed by atoms with Crippen molar-refractivity contribution in [2.45, 2.75) is 37.8 Å². The molecule has 2 bridgehead atoms. The lowest BCUT2D eigenvalue weighted by Crippen LogP contribution is -2.60. The van der Waals surface area contributed by atoms with Crippen LogP contribution in [0.4, 0.5) is 0 Å². The Labute approximate surface area is 170 Å². The van der Waals surface area contributed by atoms with Gasteiger partial charge in [0, 0.05) is 31.7 Å². The molecule has 1 amide bonds. The van der Waals surface area contributed by atoms with Crippen LogP contribution in [0.3, 0.4) is 0 Å². The van der Waals surface area contributed by atoms with Crippen LogP contribution in [0.5, 0.6) is 5.75 Å². The van der Waals surface area contributed by atoms with Crippen molar-refractivity contribution in [2.75, 3.05) is 26.7 Å². The maximum absolute atomic E-state index is 12.9. The van der Waals surface area contributed by atoms with E-state index >= 15 is 0 Å². The predicted octanol–water partition coefficient (Wildman–Crippen LogP) is 3.84. The maximum Gasteiger partial charge on any atom is 0.265 e. The Balaban J connectivity index is 1.35. The highest BCUT2D eigenvalue weighted by atomic mass is 32.1. The van der Waals surface area contributed by atoms with Gasteiger partial charge in [0.05, 0.1) is 18.8 Å². The van der Waals surface area contributed by atoms with Crippen LogP contribution in [0.15, 0.2) is 36.0 Å². The highest BCUT2D eigenvalue weighted by Gasteiger charge is 2.45. The molecule has 1 aromatic heterocycles. The number of carbonyl (C=O) groups is 1. The summed E-state index contributed by atoms with van der Waals surface area (Å²) < 4.78 is 5.33. The lowest BCUT2D eigenvalue weighted by Gasteiger charge is -2.55. The molecule has 4 heterocycles. The number of benzene rings is 1. The summed E-state index contributed by atoms with van der Waals surface area (Å²) in [5.41, 5.74) is 3.16. The number of aromatic nitrogens is 1. The number of rotatable bonds is 3. The van der Waals surface area contributed by atoms with Crippen LogP contribution in [-0.2, 0) is 0 Å². The number of carbonyl (C=O) groups excluding carboxylic acids is 1. The summed E-state index contributed by atoms with van der Waals surface area (Å²) in [4.78, 5) is 22.6. The van der Waals surface area contributed by atoms with Gasteiger partial charge in [0.1, 0.15) is 10.6 Å². The first-order valence-corrected chi connectivity index (χ1v) is 11.2. The number of thiazole rings is 1. The molecule has 2 aromatic rings. The van der Waals surface area contributed by atoms with E-state index in [2.05, 4.69) is 39.0 Å². The fourth-order valence-electron chi connectivity index (χ4n) is 5.64. The Bertz CT molecular complexity index is 823. The van der Waals surface area contributed by atoms with Crippen LogP contribution in [0.1, 0.15) is 47.0 Å². The van der Waals surface area contributed by atoms with Crippen molar-refractivity contribution >= 4 is 17.2 Å². The van der Waals surface area contributed by atoms with Gasteiger partial charge in [-0.25, -0.2) is 0 Å². The molecule has 0 N–H and O–H groups in total. The van der Waals surface area contributed by atoms with Crippen molar-refractivity contribution in [3.63, 3.8) is 0 Å². The van der Waals surface area contributed by atoms with Gasteiger partial charge >= 0.3 is 0 Å². The topological polar surface area (TPSA) is 45.7 Å². The lowest BCUT2D eigenvalue weighted by molar-refractivity contribution is -0.0510. The van der Waals surface area contributed by atoms with E-state index in [1.54, 1.807) is 18.8 Å². The summed E-state index contributed by atoms with van der Waals surface area (Å²) >= 11 is 1.45. The zero-order valence-corrected chi connectivity index (χ0v) is 17.1. The highest BCUT2D eigenvalue weighted by molar-refractivity contribution is 7.11. The van der Waals surface area contributed by atoms with E-state index in [1.165, 1.54) is 42.6 Å². The largest absolute Gasteiger partial charge is 0.497 e. The fraction of sp³-hybridized carbons (Fsp3) is 0.545. The van der Waals surface area contributed by atoms with Crippen LogP contribution in [0, 0.1) is 11.8 Å². The molecule has 4 atom stereocenters. The third kappa shape index (κ3) is 3.22. The van der Waals surface area contributed by atoms with E-state index in [4.69, 9.17) is 4.74 Å². The van der Waals surface area contributed by atoms with Crippen molar-refractivity contribution in [2.24, 2.45) is 11.8 Å². The number of likely N-dealkylation sites (tertiary alicyclic amines) is 1. The van der Waals surface area contributed by atoms with Crippen molar-refractivity contribution in [3.05, 3.63) is 46.4 Å². The van der Waals surface area contributed by atoms with E-state index in [0.717, 1.165) is 30.3 Å². The molecular formula is C22H27N3O2S. The van der Waals surface area contributed by atoms with Gasteiger partial charge in [-0.15, -0.1) is 11.3 Å². The zero-order chi connectivity index (χ0) is 19.1. The number of hydrogen-bond donors (Lipinski definition) is 0. The molecule has 3 aliphatic rings. The molecule has 5 rings (SSSR count). The molecule has 1 aromatic carbocycles. The van der Waals surface area contributed by atoms with Crippen LogP contribution < -0.4 is 4.74 Å². The van der Waals surface area contributed by atoms with Crippen LogP contribution in [0.25, 0.3) is 0 Å². The first-order chi connectivity index (χ1) is 13.7. The minimum atomic E-state index is 0.174. The second-order valence-corrected chi connectivity index (χ2v) is 9.31. The highest BCUT2D eigenvalue weighted by Crippen LogP contribution is 2.44. The smallest absolute Gasteiger partial charge is 0.265 e. The number of nitrogens with zero attached hydrogens (tertiary/aromatic N) is 3. The van der Waals surface area contributed by atoms with E-state index in [0.29, 0.717) is 23.9 Å². The lowest BCUT2D eigenvalue weighted by atomic mass is 9.74. The first kappa shape index (κ1) is 18.1. The standard InChI is InChI=1S/C22H27N3O2S/c1-27-18-7-5-16(6-8-18)19-3-2-4-20-17-9-15(12-25(19)20)11-24(13-17)22(26)21-10-23-14-28-21/h5-8,10,14-15,17,19-20H,2-4,9,11-13H2,1H3/t15-,17+,19+,20-/m0/s1. The fourth-order valence-corrected chi connectivity index (χ4v) is 6.22. The van der Waals surface area contributed by atoms with Gasteiger partial charge in [-0.05, 0) is 55.2 Å². The van der Waals surface area contributed by atoms with Crippen LogP contribution in [0.2, 0.25) is 0 Å². The molecule has 3 saturated heterocycles. The zero-order valence-electron chi connectivity index (χ0n) is 16.3. The van der Waals surface area contributed by atoms with Gasteiger partial charge in [-0.3, -0.25) is 14.7 Å². The molecule has 3 fully saturated rings. The summed E-state index contributed by atoms with van der Waals surface area (Å²) in [5, 5.41) is 0. The summed E-state index contributed by atoms with van der Waals surface area (Å²) in [6, 6.07) is 9.72. The number of fused-ring (bicyclic) bond motifs is 4. The SMILES string of the molecule is COc1ccc([C@H]2CCC[C@H]3[C@@H]4C[C@@H](CN(C(=O)c5cncs5)C4)CN23)cc1. The maximum atomic E-state index is 12.9. The number of ether oxygens (including phenoxy) is 1. The monoisotopic (exact) mass is 397 g/mol. The van der Waals surface area contributed by atoms with Crippen molar-refractivity contribution < 1.29 is 9.53 Å². The average Bonchev–Trinajstić information content (AvgIpc) is 3.28. The molecule has 6 heteroatoms. The van der Waals surface area contributed by atoms with Gasteiger partial charge in [0.15, 0.2) is 0 Å². The summed E-state index contributed by atoms with van der Waals surface area (Å²) in [6.45, 7) is 2.87. The Morgan fingerprint density at radius 3 is 2.79 bits per heavy atom. The first-order valence-electron chi connectivity index (χ1n) is 10.3. The quantitative estimate of drug-likeness (QED) is 0.789. The van der Waals surface area contributed by atoms with Gasteiger partial charge in [-0.1, -0.05) is 12.1 Å². The van der Waals surface area contributed by atoms with Crippen molar-refractivity contribution in [3.8, 4) is 5.75 Å². The Kier molecular flexibility index (Phi) is 4.85. The molecule has 0 saturated carbocycles. The van der Waals surface area contributed by atoms with E-state index in [1.807, 2.05) is 0 Å². The summed E-state index contributed by atoms with van der Waals surface area (Å²) in [6.07, 6.45) is 6.73.